The van der Waals surface area contributed by atoms with E-state index in [1.54, 1.807) is 6.07 Å². The minimum absolute atomic E-state index is 0.0658. The second-order valence-electron chi connectivity index (χ2n) is 3.86. The smallest absolute Gasteiger partial charge is 0.254 e. The number of nitrogens with one attached hydrogen (secondary N) is 2. The fraction of sp³-hybridized carbons (Fsp3) is 0.545. The van der Waals surface area contributed by atoms with Gasteiger partial charge in [-0.05, 0) is 6.07 Å². The maximum atomic E-state index is 11.5. The average Bonchev–Trinajstić information content (AvgIpc) is 2.84. The molecule has 2 N–H and O–H groups in total. The van der Waals surface area contributed by atoms with E-state index in [2.05, 4.69) is 15.5 Å². The fourth-order valence-corrected chi connectivity index (χ4v) is 1.76. The number of hydrogen-bond donors (Lipinski definition) is 2. The summed E-state index contributed by atoms with van der Waals surface area (Å²) in [6.07, 6.45) is 2.96. The summed E-state index contributed by atoms with van der Waals surface area (Å²) in [5.74, 6) is -0.0658. The highest BCUT2D eigenvalue weighted by Crippen LogP contribution is 1.98. The SMILES string of the molecule is O=C(NCCN1CCNCC1)c1ccoc1. The van der Waals surface area contributed by atoms with Crippen molar-refractivity contribution in [2.75, 3.05) is 39.3 Å². The minimum Gasteiger partial charge on any atom is -0.472 e. The fourth-order valence-electron chi connectivity index (χ4n) is 1.76. The molecule has 0 spiro atoms. The van der Waals surface area contributed by atoms with Gasteiger partial charge in [0.2, 0.25) is 0 Å². The summed E-state index contributed by atoms with van der Waals surface area (Å²) in [5.41, 5.74) is 0.584. The third-order valence-corrected chi connectivity index (χ3v) is 2.71. The van der Waals surface area contributed by atoms with Gasteiger partial charge in [-0.2, -0.15) is 0 Å². The Bertz CT molecular complexity index is 318. The van der Waals surface area contributed by atoms with E-state index in [1.165, 1.54) is 12.5 Å². The van der Waals surface area contributed by atoms with Gasteiger partial charge >= 0.3 is 0 Å². The van der Waals surface area contributed by atoms with Crippen LogP contribution in [0.3, 0.4) is 0 Å². The van der Waals surface area contributed by atoms with E-state index < -0.39 is 0 Å². The van der Waals surface area contributed by atoms with E-state index in [1.807, 2.05) is 0 Å². The Kier molecular flexibility index (Phi) is 3.96. The predicted octanol–water partition coefficient (Wildman–Crippen LogP) is -0.0854. The highest BCUT2D eigenvalue weighted by molar-refractivity contribution is 5.93. The Morgan fingerprint density at radius 1 is 1.50 bits per heavy atom. The predicted molar refractivity (Wildman–Crippen MR) is 60.4 cm³/mol. The van der Waals surface area contributed by atoms with E-state index >= 15 is 0 Å². The van der Waals surface area contributed by atoms with Crippen LogP contribution in [0.2, 0.25) is 0 Å². The highest BCUT2D eigenvalue weighted by atomic mass is 16.3. The number of hydrogen-bond acceptors (Lipinski definition) is 4. The third-order valence-electron chi connectivity index (χ3n) is 2.71. The molecule has 0 aliphatic carbocycles. The van der Waals surface area contributed by atoms with E-state index in [0.717, 1.165) is 32.7 Å². The summed E-state index contributed by atoms with van der Waals surface area (Å²) in [7, 11) is 0. The number of rotatable bonds is 4. The maximum Gasteiger partial charge on any atom is 0.254 e. The Labute approximate surface area is 94.8 Å². The number of amides is 1. The molecule has 5 heteroatoms. The molecule has 5 nitrogen and oxygen atoms in total. The molecule has 2 heterocycles. The van der Waals surface area contributed by atoms with Crippen LogP contribution in [-0.2, 0) is 0 Å². The van der Waals surface area contributed by atoms with Crippen molar-refractivity contribution in [3.63, 3.8) is 0 Å². The van der Waals surface area contributed by atoms with Gasteiger partial charge in [-0.25, -0.2) is 0 Å². The van der Waals surface area contributed by atoms with Gasteiger partial charge in [-0.1, -0.05) is 0 Å². The van der Waals surface area contributed by atoms with Gasteiger partial charge in [-0.3, -0.25) is 9.69 Å². The lowest BCUT2D eigenvalue weighted by atomic mass is 10.3. The molecule has 0 unspecified atom stereocenters. The van der Waals surface area contributed by atoms with E-state index in [0.29, 0.717) is 12.1 Å². The summed E-state index contributed by atoms with van der Waals surface area (Å²) in [6.45, 7) is 5.78. The van der Waals surface area contributed by atoms with Crippen molar-refractivity contribution < 1.29 is 9.21 Å². The molecule has 0 bridgehead atoms. The van der Waals surface area contributed by atoms with Crippen LogP contribution in [-0.4, -0.2) is 50.1 Å². The van der Waals surface area contributed by atoms with Gasteiger partial charge < -0.3 is 15.1 Å². The van der Waals surface area contributed by atoms with Crippen molar-refractivity contribution in [2.45, 2.75) is 0 Å². The molecule has 1 saturated heterocycles. The Balaban J connectivity index is 1.66. The van der Waals surface area contributed by atoms with Gasteiger partial charge in [0.05, 0.1) is 11.8 Å². The first-order valence-corrected chi connectivity index (χ1v) is 5.60. The highest BCUT2D eigenvalue weighted by Gasteiger charge is 2.10. The molecular formula is C11H17N3O2. The Morgan fingerprint density at radius 3 is 3.00 bits per heavy atom. The normalized spacial score (nSPS) is 17.2. The molecule has 1 amide bonds. The molecule has 1 aromatic rings. The van der Waals surface area contributed by atoms with Crippen molar-refractivity contribution in [3.05, 3.63) is 24.2 Å². The molecule has 1 aliphatic rings. The largest absolute Gasteiger partial charge is 0.472 e. The zero-order valence-electron chi connectivity index (χ0n) is 9.24. The minimum atomic E-state index is -0.0658. The number of furan rings is 1. The lowest BCUT2D eigenvalue weighted by Crippen LogP contribution is -2.46. The van der Waals surface area contributed by atoms with Gasteiger partial charge in [0.25, 0.3) is 5.91 Å². The first-order chi connectivity index (χ1) is 7.86. The molecule has 0 atom stereocenters. The Hall–Kier alpha value is -1.33. The molecule has 0 radical (unpaired) electrons. The molecule has 88 valence electrons. The van der Waals surface area contributed by atoms with Gasteiger partial charge in [-0.15, -0.1) is 0 Å². The number of nitrogens with zero attached hydrogens (tertiary/aromatic N) is 1. The third kappa shape index (κ3) is 3.08. The van der Waals surface area contributed by atoms with Crippen LogP contribution < -0.4 is 10.6 Å². The van der Waals surface area contributed by atoms with Crippen molar-refractivity contribution >= 4 is 5.91 Å². The van der Waals surface area contributed by atoms with Crippen LogP contribution in [0, 0.1) is 0 Å². The summed E-state index contributed by atoms with van der Waals surface area (Å²) < 4.78 is 4.85. The molecule has 0 aromatic carbocycles. The standard InChI is InChI=1S/C11H17N3O2/c15-11(10-1-8-16-9-10)13-4-7-14-5-2-12-3-6-14/h1,8-9,12H,2-7H2,(H,13,15). The van der Waals surface area contributed by atoms with E-state index in [4.69, 9.17) is 4.42 Å². The lowest BCUT2D eigenvalue weighted by molar-refractivity contribution is 0.0946. The second-order valence-corrected chi connectivity index (χ2v) is 3.86. The van der Waals surface area contributed by atoms with Crippen LogP contribution in [0.4, 0.5) is 0 Å². The van der Waals surface area contributed by atoms with Crippen molar-refractivity contribution in [1.82, 2.24) is 15.5 Å². The molecule has 1 fully saturated rings. The summed E-state index contributed by atoms with van der Waals surface area (Å²) >= 11 is 0. The van der Waals surface area contributed by atoms with Crippen molar-refractivity contribution in [3.8, 4) is 0 Å². The zero-order valence-corrected chi connectivity index (χ0v) is 9.24. The first kappa shape index (κ1) is 11.2. The molecule has 2 rings (SSSR count). The summed E-state index contributed by atoms with van der Waals surface area (Å²) in [4.78, 5) is 13.9. The molecule has 1 aliphatic heterocycles. The van der Waals surface area contributed by atoms with Crippen LogP contribution in [0.1, 0.15) is 10.4 Å². The number of carbonyl (C=O) groups is 1. The summed E-state index contributed by atoms with van der Waals surface area (Å²) in [5, 5.41) is 6.17. The first-order valence-electron chi connectivity index (χ1n) is 5.60. The van der Waals surface area contributed by atoms with E-state index in [9.17, 15) is 4.79 Å². The van der Waals surface area contributed by atoms with Crippen LogP contribution in [0.25, 0.3) is 0 Å². The number of piperazine rings is 1. The van der Waals surface area contributed by atoms with Gasteiger partial charge in [0, 0.05) is 39.3 Å². The van der Waals surface area contributed by atoms with E-state index in [-0.39, 0.29) is 5.91 Å². The lowest BCUT2D eigenvalue weighted by Gasteiger charge is -2.26. The van der Waals surface area contributed by atoms with Crippen LogP contribution in [0.15, 0.2) is 23.0 Å². The monoisotopic (exact) mass is 223 g/mol. The molecule has 16 heavy (non-hydrogen) atoms. The second kappa shape index (κ2) is 5.67. The maximum absolute atomic E-state index is 11.5. The van der Waals surface area contributed by atoms with Crippen LogP contribution in [0.5, 0.6) is 0 Å². The summed E-state index contributed by atoms with van der Waals surface area (Å²) in [6, 6.07) is 1.67. The molecular weight excluding hydrogens is 206 g/mol. The Morgan fingerprint density at radius 2 is 2.31 bits per heavy atom. The zero-order chi connectivity index (χ0) is 11.2. The van der Waals surface area contributed by atoms with Crippen LogP contribution >= 0.6 is 0 Å². The van der Waals surface area contributed by atoms with Crippen molar-refractivity contribution in [2.24, 2.45) is 0 Å². The van der Waals surface area contributed by atoms with Gasteiger partial charge in [0.15, 0.2) is 0 Å². The quantitative estimate of drug-likeness (QED) is 0.749. The topological polar surface area (TPSA) is 57.5 Å². The van der Waals surface area contributed by atoms with Gasteiger partial charge in [0.1, 0.15) is 6.26 Å². The average molecular weight is 223 g/mol. The van der Waals surface area contributed by atoms with Crippen molar-refractivity contribution in [1.29, 1.82) is 0 Å². The molecule has 0 saturated carbocycles. The number of carbonyl (C=O) groups excluding carboxylic acids is 1. The molecule has 1 aromatic heterocycles.